The van der Waals surface area contributed by atoms with E-state index in [0.717, 1.165) is 18.6 Å². The van der Waals surface area contributed by atoms with E-state index in [0.29, 0.717) is 0 Å². The van der Waals surface area contributed by atoms with Crippen LogP contribution in [-0.2, 0) is 0 Å². The van der Waals surface area contributed by atoms with Crippen LogP contribution in [0.3, 0.4) is 0 Å². The molecule has 0 radical (unpaired) electrons. The first-order valence-electron chi connectivity index (χ1n) is 4.35. The lowest BCUT2D eigenvalue weighted by Crippen LogP contribution is -2.14. The second-order valence-electron chi connectivity index (χ2n) is 3.08. The number of hydrogen-bond acceptors (Lipinski definition) is 1. The van der Waals surface area contributed by atoms with Gasteiger partial charge in [-0.3, -0.25) is 0 Å². The minimum atomic E-state index is -0.424. The number of nitrogens with one attached hydrogen (secondary N) is 1. The second-order valence-corrected chi connectivity index (χ2v) is 3.08. The summed E-state index contributed by atoms with van der Waals surface area (Å²) in [4.78, 5) is 0. The standard InChI is InChI=1S/C10H13F2N/c1-3-7(2)13-10-6-8(11)4-5-9(10)12/h4-7,13H,3H2,1-2H3/t7-/m0/s1. The van der Waals surface area contributed by atoms with E-state index in [1.54, 1.807) is 0 Å². The fourth-order valence-corrected chi connectivity index (χ4v) is 0.976. The monoisotopic (exact) mass is 185 g/mol. The molecule has 0 fully saturated rings. The first kappa shape index (κ1) is 9.96. The van der Waals surface area contributed by atoms with Gasteiger partial charge >= 0.3 is 0 Å². The van der Waals surface area contributed by atoms with Crippen LogP contribution in [0.4, 0.5) is 14.5 Å². The van der Waals surface area contributed by atoms with Crippen LogP contribution in [0, 0.1) is 11.6 Å². The largest absolute Gasteiger partial charge is 0.380 e. The Labute approximate surface area is 76.8 Å². The maximum absolute atomic E-state index is 13.0. The summed E-state index contributed by atoms with van der Waals surface area (Å²) in [6, 6.07) is 3.55. The van der Waals surface area contributed by atoms with Crippen LogP contribution < -0.4 is 5.32 Å². The van der Waals surface area contributed by atoms with E-state index in [1.807, 2.05) is 13.8 Å². The highest BCUT2D eigenvalue weighted by molar-refractivity contribution is 5.45. The van der Waals surface area contributed by atoms with Crippen LogP contribution in [0.25, 0.3) is 0 Å². The number of benzene rings is 1. The van der Waals surface area contributed by atoms with E-state index in [-0.39, 0.29) is 11.7 Å². The first-order chi connectivity index (χ1) is 6.13. The van der Waals surface area contributed by atoms with Crippen molar-refractivity contribution in [2.45, 2.75) is 26.3 Å². The van der Waals surface area contributed by atoms with E-state index in [1.165, 1.54) is 6.07 Å². The van der Waals surface area contributed by atoms with Gasteiger partial charge in [0.1, 0.15) is 11.6 Å². The molecule has 0 saturated carbocycles. The molecule has 0 spiro atoms. The maximum Gasteiger partial charge on any atom is 0.146 e. The van der Waals surface area contributed by atoms with Crippen LogP contribution in [0.2, 0.25) is 0 Å². The van der Waals surface area contributed by atoms with Crippen LogP contribution in [0.15, 0.2) is 18.2 Å². The lowest BCUT2D eigenvalue weighted by atomic mass is 10.2. The molecule has 0 bridgehead atoms. The van der Waals surface area contributed by atoms with E-state index in [9.17, 15) is 8.78 Å². The Morgan fingerprint density at radius 2 is 2.08 bits per heavy atom. The van der Waals surface area contributed by atoms with Crippen molar-refractivity contribution in [3.8, 4) is 0 Å². The summed E-state index contributed by atoms with van der Waals surface area (Å²) in [6.45, 7) is 3.90. The molecular formula is C10H13F2N. The Kier molecular flexibility index (Phi) is 3.23. The Balaban J connectivity index is 2.81. The Hall–Kier alpha value is -1.12. The van der Waals surface area contributed by atoms with Crippen molar-refractivity contribution in [2.24, 2.45) is 0 Å². The van der Waals surface area contributed by atoms with Gasteiger partial charge in [-0.1, -0.05) is 6.92 Å². The number of halogens is 2. The number of rotatable bonds is 3. The van der Waals surface area contributed by atoms with Gasteiger partial charge in [-0.15, -0.1) is 0 Å². The molecule has 72 valence electrons. The van der Waals surface area contributed by atoms with Crippen LogP contribution in [0.1, 0.15) is 20.3 Å². The van der Waals surface area contributed by atoms with Gasteiger partial charge in [-0.25, -0.2) is 8.78 Å². The highest BCUT2D eigenvalue weighted by Crippen LogP contribution is 2.16. The molecule has 0 aliphatic rings. The van der Waals surface area contributed by atoms with Crippen molar-refractivity contribution in [1.82, 2.24) is 0 Å². The fourth-order valence-electron chi connectivity index (χ4n) is 0.976. The smallest absolute Gasteiger partial charge is 0.146 e. The Morgan fingerprint density at radius 3 is 2.69 bits per heavy atom. The van der Waals surface area contributed by atoms with Crippen LogP contribution in [-0.4, -0.2) is 6.04 Å². The summed E-state index contributed by atoms with van der Waals surface area (Å²) in [5, 5.41) is 2.89. The predicted octanol–water partition coefficient (Wildman–Crippen LogP) is 3.18. The molecule has 0 heterocycles. The normalized spacial score (nSPS) is 12.6. The summed E-state index contributed by atoms with van der Waals surface area (Å²) < 4.78 is 25.7. The van der Waals surface area contributed by atoms with Gasteiger partial charge in [0.15, 0.2) is 0 Å². The topological polar surface area (TPSA) is 12.0 Å². The zero-order chi connectivity index (χ0) is 9.84. The highest BCUT2D eigenvalue weighted by Gasteiger charge is 2.05. The molecular weight excluding hydrogens is 172 g/mol. The van der Waals surface area contributed by atoms with Crippen molar-refractivity contribution in [1.29, 1.82) is 0 Å². The quantitative estimate of drug-likeness (QED) is 0.762. The van der Waals surface area contributed by atoms with Crippen molar-refractivity contribution in [3.63, 3.8) is 0 Å². The van der Waals surface area contributed by atoms with Gasteiger partial charge in [0.2, 0.25) is 0 Å². The third-order valence-corrected chi connectivity index (χ3v) is 1.94. The minimum absolute atomic E-state index is 0.149. The molecule has 1 nitrogen and oxygen atoms in total. The molecule has 0 aromatic heterocycles. The maximum atomic E-state index is 13.0. The molecule has 0 amide bonds. The molecule has 0 aliphatic carbocycles. The third-order valence-electron chi connectivity index (χ3n) is 1.94. The molecule has 13 heavy (non-hydrogen) atoms. The van der Waals surface area contributed by atoms with E-state index < -0.39 is 11.6 Å². The third kappa shape index (κ3) is 2.68. The van der Waals surface area contributed by atoms with Crippen molar-refractivity contribution >= 4 is 5.69 Å². The molecule has 3 heteroatoms. The van der Waals surface area contributed by atoms with Gasteiger partial charge in [-0.05, 0) is 31.5 Å². The lowest BCUT2D eigenvalue weighted by Gasteiger charge is -2.13. The average Bonchev–Trinajstić information content (AvgIpc) is 2.11. The zero-order valence-corrected chi connectivity index (χ0v) is 7.77. The van der Waals surface area contributed by atoms with Crippen molar-refractivity contribution in [2.75, 3.05) is 5.32 Å². The van der Waals surface area contributed by atoms with E-state index in [4.69, 9.17) is 0 Å². The van der Waals surface area contributed by atoms with Gasteiger partial charge in [0.05, 0.1) is 5.69 Å². The first-order valence-corrected chi connectivity index (χ1v) is 4.35. The second kappa shape index (κ2) is 4.21. The molecule has 1 aromatic rings. The highest BCUT2D eigenvalue weighted by atomic mass is 19.1. The van der Waals surface area contributed by atoms with Crippen LogP contribution >= 0.6 is 0 Å². The average molecular weight is 185 g/mol. The predicted molar refractivity (Wildman–Crippen MR) is 49.7 cm³/mol. The molecule has 0 saturated heterocycles. The van der Waals surface area contributed by atoms with Crippen LogP contribution in [0.5, 0.6) is 0 Å². The minimum Gasteiger partial charge on any atom is -0.380 e. The molecule has 0 aliphatic heterocycles. The fraction of sp³-hybridized carbons (Fsp3) is 0.400. The lowest BCUT2D eigenvalue weighted by molar-refractivity contribution is 0.599. The zero-order valence-electron chi connectivity index (χ0n) is 7.77. The van der Waals surface area contributed by atoms with Crippen molar-refractivity contribution in [3.05, 3.63) is 29.8 Å². The summed E-state index contributed by atoms with van der Waals surface area (Å²) >= 11 is 0. The SMILES string of the molecule is CC[C@H](C)Nc1cc(F)ccc1F. The molecule has 1 atom stereocenters. The summed E-state index contributed by atoms with van der Waals surface area (Å²) in [6.07, 6.45) is 0.871. The summed E-state index contributed by atoms with van der Waals surface area (Å²) in [5.74, 6) is -0.839. The van der Waals surface area contributed by atoms with Crippen molar-refractivity contribution < 1.29 is 8.78 Å². The van der Waals surface area contributed by atoms with E-state index >= 15 is 0 Å². The van der Waals surface area contributed by atoms with Gasteiger partial charge in [0.25, 0.3) is 0 Å². The molecule has 1 aromatic carbocycles. The number of hydrogen-bond donors (Lipinski definition) is 1. The van der Waals surface area contributed by atoms with Gasteiger partial charge in [0, 0.05) is 6.04 Å². The number of anilines is 1. The Bertz CT molecular complexity index is 286. The van der Waals surface area contributed by atoms with Gasteiger partial charge in [-0.2, -0.15) is 0 Å². The summed E-state index contributed by atoms with van der Waals surface area (Å²) in [7, 11) is 0. The molecule has 1 N–H and O–H groups in total. The molecule has 1 rings (SSSR count). The molecule has 0 unspecified atom stereocenters. The van der Waals surface area contributed by atoms with E-state index in [2.05, 4.69) is 5.32 Å². The van der Waals surface area contributed by atoms with Gasteiger partial charge < -0.3 is 5.32 Å². The Morgan fingerprint density at radius 1 is 1.38 bits per heavy atom. The summed E-state index contributed by atoms with van der Waals surface area (Å²) in [5.41, 5.74) is 0.231.